The lowest BCUT2D eigenvalue weighted by atomic mass is 9.95. The maximum absolute atomic E-state index is 12.3. The summed E-state index contributed by atoms with van der Waals surface area (Å²) in [5.74, 6) is -0.205. The molecule has 7 heteroatoms. The molecular formula is C14H12Cl2N4O. The number of amides is 1. The van der Waals surface area contributed by atoms with Crippen LogP contribution in [0.15, 0.2) is 30.6 Å². The van der Waals surface area contributed by atoms with Crippen LogP contribution < -0.4 is 10.6 Å². The largest absolute Gasteiger partial charge is 0.320 e. The summed E-state index contributed by atoms with van der Waals surface area (Å²) in [5.41, 5.74) is 2.62. The van der Waals surface area contributed by atoms with E-state index in [2.05, 4.69) is 26.7 Å². The first-order valence-corrected chi connectivity index (χ1v) is 7.18. The Balaban J connectivity index is 1.76. The number of anilines is 1. The normalized spacial score (nSPS) is 17.1. The second-order valence-electron chi connectivity index (χ2n) is 4.73. The zero-order valence-corrected chi connectivity index (χ0v) is 12.4. The highest BCUT2D eigenvalue weighted by atomic mass is 35.5. The van der Waals surface area contributed by atoms with E-state index in [4.69, 9.17) is 23.2 Å². The van der Waals surface area contributed by atoms with Gasteiger partial charge >= 0.3 is 0 Å². The van der Waals surface area contributed by atoms with Gasteiger partial charge in [-0.3, -0.25) is 4.79 Å². The van der Waals surface area contributed by atoms with E-state index in [1.807, 2.05) is 18.2 Å². The summed E-state index contributed by atoms with van der Waals surface area (Å²) in [6.07, 6.45) is 1.86. The van der Waals surface area contributed by atoms with Gasteiger partial charge in [-0.2, -0.15) is 0 Å². The molecule has 108 valence electrons. The molecule has 1 aromatic heterocycles. The van der Waals surface area contributed by atoms with Gasteiger partial charge in [-0.05, 0) is 17.5 Å². The molecule has 0 saturated heterocycles. The SMILES string of the molecule is O=C(Nc1c(Cl)ncnc1Cl)[C@@H]1Cc2ccccc2CN1. The van der Waals surface area contributed by atoms with Crippen molar-refractivity contribution >= 4 is 34.8 Å². The monoisotopic (exact) mass is 322 g/mol. The van der Waals surface area contributed by atoms with Crippen LogP contribution >= 0.6 is 23.2 Å². The fourth-order valence-electron chi connectivity index (χ4n) is 2.30. The van der Waals surface area contributed by atoms with Crippen LogP contribution in [0.4, 0.5) is 5.69 Å². The molecule has 5 nitrogen and oxygen atoms in total. The highest BCUT2D eigenvalue weighted by molar-refractivity contribution is 6.38. The van der Waals surface area contributed by atoms with Gasteiger partial charge in [0.1, 0.15) is 12.0 Å². The van der Waals surface area contributed by atoms with Crippen LogP contribution in [0.3, 0.4) is 0 Å². The van der Waals surface area contributed by atoms with Gasteiger partial charge in [0, 0.05) is 6.54 Å². The summed E-state index contributed by atoms with van der Waals surface area (Å²) in [4.78, 5) is 20.0. The Hall–Kier alpha value is -1.69. The average molecular weight is 323 g/mol. The summed E-state index contributed by atoms with van der Waals surface area (Å²) in [7, 11) is 0. The third-order valence-electron chi connectivity index (χ3n) is 3.40. The van der Waals surface area contributed by atoms with Crippen LogP contribution in [0.2, 0.25) is 10.3 Å². The van der Waals surface area contributed by atoms with Crippen LogP contribution in [0.5, 0.6) is 0 Å². The third kappa shape index (κ3) is 3.00. The highest BCUT2D eigenvalue weighted by Gasteiger charge is 2.25. The minimum absolute atomic E-state index is 0.125. The van der Waals surface area contributed by atoms with E-state index in [1.54, 1.807) is 0 Å². The van der Waals surface area contributed by atoms with Gasteiger partial charge in [-0.25, -0.2) is 9.97 Å². The van der Waals surface area contributed by atoms with Crippen LogP contribution in [-0.2, 0) is 17.8 Å². The molecule has 2 heterocycles. The zero-order chi connectivity index (χ0) is 14.8. The van der Waals surface area contributed by atoms with Crippen molar-refractivity contribution in [2.24, 2.45) is 0 Å². The lowest BCUT2D eigenvalue weighted by molar-refractivity contribution is -0.118. The van der Waals surface area contributed by atoms with Gasteiger partial charge in [-0.1, -0.05) is 47.5 Å². The smallest absolute Gasteiger partial charge is 0.242 e. The molecule has 1 aliphatic rings. The van der Waals surface area contributed by atoms with Crippen molar-refractivity contribution in [2.75, 3.05) is 5.32 Å². The molecule has 0 fully saturated rings. The Morgan fingerprint density at radius 2 is 1.86 bits per heavy atom. The summed E-state index contributed by atoms with van der Waals surface area (Å²) < 4.78 is 0. The topological polar surface area (TPSA) is 66.9 Å². The van der Waals surface area contributed by atoms with Crippen molar-refractivity contribution in [3.8, 4) is 0 Å². The molecule has 0 spiro atoms. The Morgan fingerprint density at radius 1 is 1.19 bits per heavy atom. The van der Waals surface area contributed by atoms with Crippen molar-refractivity contribution in [3.63, 3.8) is 0 Å². The van der Waals surface area contributed by atoms with Gasteiger partial charge in [0.2, 0.25) is 5.91 Å². The fourth-order valence-corrected chi connectivity index (χ4v) is 2.71. The molecule has 21 heavy (non-hydrogen) atoms. The Bertz CT molecular complexity index is 672. The number of nitrogens with one attached hydrogen (secondary N) is 2. The molecule has 1 atom stereocenters. The van der Waals surface area contributed by atoms with E-state index in [1.165, 1.54) is 11.9 Å². The number of carbonyl (C=O) groups excluding carboxylic acids is 1. The number of hydrogen-bond acceptors (Lipinski definition) is 4. The summed E-state index contributed by atoms with van der Waals surface area (Å²) in [5, 5.41) is 6.13. The summed E-state index contributed by atoms with van der Waals surface area (Å²) in [6.45, 7) is 0.654. The van der Waals surface area contributed by atoms with Crippen molar-refractivity contribution in [1.82, 2.24) is 15.3 Å². The fraction of sp³-hybridized carbons (Fsp3) is 0.214. The summed E-state index contributed by atoms with van der Waals surface area (Å²) >= 11 is 11.8. The molecule has 2 N–H and O–H groups in total. The molecular weight excluding hydrogens is 311 g/mol. The molecule has 1 aliphatic heterocycles. The molecule has 0 aliphatic carbocycles. The number of aromatic nitrogens is 2. The predicted octanol–water partition coefficient (Wildman–Crippen LogP) is 2.44. The minimum atomic E-state index is -0.341. The number of nitrogens with zero attached hydrogens (tertiary/aromatic N) is 2. The van der Waals surface area contributed by atoms with Gasteiger partial charge in [0.05, 0.1) is 6.04 Å². The first-order chi connectivity index (χ1) is 10.1. The lowest BCUT2D eigenvalue weighted by Gasteiger charge is -2.25. The quantitative estimate of drug-likeness (QED) is 0.833. The number of benzene rings is 1. The molecule has 1 amide bonds. The Kier molecular flexibility index (Phi) is 4.05. The van der Waals surface area contributed by atoms with Crippen molar-refractivity contribution < 1.29 is 4.79 Å². The van der Waals surface area contributed by atoms with E-state index in [9.17, 15) is 4.79 Å². The molecule has 1 aromatic carbocycles. The van der Waals surface area contributed by atoms with Gasteiger partial charge in [0.25, 0.3) is 0 Å². The van der Waals surface area contributed by atoms with Crippen molar-refractivity contribution in [3.05, 3.63) is 52.0 Å². The standard InChI is InChI=1S/C14H12Cl2N4O/c15-12-11(13(16)19-7-18-12)20-14(21)10-5-8-3-1-2-4-9(8)6-17-10/h1-4,7,10,17H,5-6H2,(H,20,21)/t10-/m0/s1. The molecule has 0 unspecified atom stereocenters. The van der Waals surface area contributed by atoms with Crippen molar-refractivity contribution in [2.45, 2.75) is 19.0 Å². The lowest BCUT2D eigenvalue weighted by Crippen LogP contribution is -2.44. The number of fused-ring (bicyclic) bond motifs is 1. The number of halogens is 2. The predicted molar refractivity (Wildman–Crippen MR) is 81.5 cm³/mol. The number of hydrogen-bond donors (Lipinski definition) is 2. The Morgan fingerprint density at radius 3 is 2.57 bits per heavy atom. The number of carbonyl (C=O) groups is 1. The van der Waals surface area contributed by atoms with Crippen LogP contribution in [-0.4, -0.2) is 21.9 Å². The molecule has 0 bridgehead atoms. The molecule has 0 saturated carbocycles. The summed E-state index contributed by atoms with van der Waals surface area (Å²) in [6, 6.07) is 7.70. The van der Waals surface area contributed by atoms with Gasteiger partial charge in [0.15, 0.2) is 10.3 Å². The van der Waals surface area contributed by atoms with Crippen LogP contribution in [0.25, 0.3) is 0 Å². The maximum atomic E-state index is 12.3. The highest BCUT2D eigenvalue weighted by Crippen LogP contribution is 2.26. The number of rotatable bonds is 2. The zero-order valence-electron chi connectivity index (χ0n) is 10.9. The molecule has 3 rings (SSSR count). The van der Waals surface area contributed by atoms with E-state index in [0.717, 1.165) is 5.56 Å². The van der Waals surface area contributed by atoms with E-state index < -0.39 is 0 Å². The second-order valence-corrected chi connectivity index (χ2v) is 5.44. The van der Waals surface area contributed by atoms with Crippen LogP contribution in [0.1, 0.15) is 11.1 Å². The second kappa shape index (κ2) is 5.97. The van der Waals surface area contributed by atoms with Gasteiger partial charge < -0.3 is 10.6 Å². The third-order valence-corrected chi connectivity index (χ3v) is 3.97. The Labute approximate surface area is 131 Å². The minimum Gasteiger partial charge on any atom is -0.320 e. The maximum Gasteiger partial charge on any atom is 0.242 e. The molecule has 0 radical (unpaired) electrons. The van der Waals surface area contributed by atoms with E-state index in [0.29, 0.717) is 13.0 Å². The first kappa shape index (κ1) is 14.3. The van der Waals surface area contributed by atoms with Gasteiger partial charge in [-0.15, -0.1) is 0 Å². The van der Waals surface area contributed by atoms with E-state index >= 15 is 0 Å². The average Bonchev–Trinajstić information content (AvgIpc) is 2.50. The van der Waals surface area contributed by atoms with E-state index in [-0.39, 0.29) is 27.9 Å². The van der Waals surface area contributed by atoms with Crippen molar-refractivity contribution in [1.29, 1.82) is 0 Å². The molecule has 2 aromatic rings. The first-order valence-electron chi connectivity index (χ1n) is 6.42. The van der Waals surface area contributed by atoms with Crippen LogP contribution in [0, 0.1) is 0 Å².